The van der Waals surface area contributed by atoms with Crippen LogP contribution in [0.1, 0.15) is 37.2 Å². The molecule has 0 radical (unpaired) electrons. The van der Waals surface area contributed by atoms with E-state index in [0.717, 1.165) is 51.6 Å². The molecule has 1 unspecified atom stereocenters. The maximum absolute atomic E-state index is 6.59. The second-order valence-electron chi connectivity index (χ2n) is 11.7. The maximum Gasteiger partial charge on any atom is 0.145 e. The summed E-state index contributed by atoms with van der Waals surface area (Å²) in [5.74, 6) is 3.02. The van der Waals surface area contributed by atoms with Gasteiger partial charge in [-0.05, 0) is 44.9 Å². The van der Waals surface area contributed by atoms with E-state index >= 15 is 0 Å². The molecule has 1 saturated carbocycles. The zero-order valence-electron chi connectivity index (χ0n) is 22.9. The molecule has 1 aliphatic carbocycles. The Hall–Kier alpha value is -3.55. The van der Waals surface area contributed by atoms with Gasteiger partial charge in [0.15, 0.2) is 0 Å². The summed E-state index contributed by atoms with van der Waals surface area (Å²) >= 11 is 0. The molecule has 200 valence electrons. The Balaban J connectivity index is 1.20. The number of rotatable bonds is 5. The van der Waals surface area contributed by atoms with Gasteiger partial charge >= 0.3 is 0 Å². The smallest absolute Gasteiger partial charge is 0.145 e. The number of likely N-dealkylation sites (N-methyl/N-ethyl adjacent to an activating group) is 1. The highest BCUT2D eigenvalue weighted by atomic mass is 15.2. The van der Waals surface area contributed by atoms with Crippen LogP contribution in [0.15, 0.2) is 65.7 Å². The zero-order valence-corrected chi connectivity index (χ0v) is 22.9. The monoisotopic (exact) mass is 519 g/mol. The van der Waals surface area contributed by atoms with Gasteiger partial charge in [-0.15, -0.1) is 0 Å². The third kappa shape index (κ3) is 4.64. The van der Waals surface area contributed by atoms with Crippen LogP contribution in [-0.2, 0) is 6.54 Å². The highest BCUT2D eigenvalue weighted by molar-refractivity contribution is 6.02. The van der Waals surface area contributed by atoms with Crippen LogP contribution in [0.4, 0.5) is 0 Å². The average molecular weight is 520 g/mol. The Labute approximate surface area is 230 Å². The fourth-order valence-corrected chi connectivity index (χ4v) is 6.56. The molecule has 2 N–H and O–H groups in total. The molecule has 7 heteroatoms. The van der Waals surface area contributed by atoms with E-state index in [0.29, 0.717) is 11.8 Å². The van der Waals surface area contributed by atoms with Crippen LogP contribution in [-0.4, -0.2) is 76.0 Å². The lowest BCUT2D eigenvalue weighted by molar-refractivity contribution is 0.104. The molecule has 1 atom stereocenters. The minimum absolute atomic E-state index is 0.159. The predicted octanol–water partition coefficient (Wildman–Crippen LogP) is 4.61. The molecule has 2 aromatic heterocycles. The molecule has 4 aromatic rings. The molecule has 0 amide bonds. The van der Waals surface area contributed by atoms with Crippen molar-refractivity contribution in [1.29, 1.82) is 0 Å². The lowest BCUT2D eigenvalue weighted by Crippen LogP contribution is -2.47. The molecule has 7 rings (SSSR count). The number of pyridine rings is 1. The van der Waals surface area contributed by atoms with E-state index in [1.165, 1.54) is 51.4 Å². The van der Waals surface area contributed by atoms with E-state index in [2.05, 4.69) is 82.9 Å². The van der Waals surface area contributed by atoms with Gasteiger partial charge in [0.05, 0.1) is 22.9 Å². The standard InChI is InChI=1S/C32H37N7/c1-21-19-39-30(31(33)34-21)29(36-32(39)26-16-22(17-26)20-38-14-12-37(2)13-15-38)25-9-8-24-10-11-27(35-28(24)18-25)23-6-4-3-5-7-23/h3-11,18,21-22,26H,12-17,19-20H2,1-2H3,(H2,33,34)/t21?,22-,26+. The number of imidazole rings is 1. The molecule has 2 aliphatic heterocycles. The van der Waals surface area contributed by atoms with E-state index in [4.69, 9.17) is 20.7 Å². The van der Waals surface area contributed by atoms with Crippen molar-refractivity contribution in [3.63, 3.8) is 0 Å². The summed E-state index contributed by atoms with van der Waals surface area (Å²) in [5.41, 5.74) is 12.6. The summed E-state index contributed by atoms with van der Waals surface area (Å²) in [6, 6.07) is 21.2. The Morgan fingerprint density at radius 2 is 1.67 bits per heavy atom. The van der Waals surface area contributed by atoms with E-state index in [-0.39, 0.29) is 6.04 Å². The Kier molecular flexibility index (Phi) is 6.21. The molecule has 4 heterocycles. The first-order valence-corrected chi connectivity index (χ1v) is 14.3. The van der Waals surface area contributed by atoms with Crippen molar-refractivity contribution in [3.05, 3.63) is 72.2 Å². The van der Waals surface area contributed by atoms with Gasteiger partial charge < -0.3 is 20.1 Å². The van der Waals surface area contributed by atoms with Gasteiger partial charge in [0, 0.05) is 61.7 Å². The number of hydrogen-bond acceptors (Lipinski definition) is 6. The molecular weight excluding hydrogens is 482 g/mol. The molecule has 1 saturated heterocycles. The minimum atomic E-state index is 0.159. The predicted molar refractivity (Wildman–Crippen MR) is 158 cm³/mol. The number of hydrogen-bond donors (Lipinski definition) is 1. The molecule has 3 aliphatic rings. The highest BCUT2D eigenvalue weighted by Crippen LogP contribution is 2.44. The van der Waals surface area contributed by atoms with Gasteiger partial charge in [-0.2, -0.15) is 0 Å². The van der Waals surface area contributed by atoms with Crippen LogP contribution in [0.25, 0.3) is 33.4 Å². The summed E-state index contributed by atoms with van der Waals surface area (Å²) in [6.07, 6.45) is 2.40. The van der Waals surface area contributed by atoms with Crippen molar-refractivity contribution >= 4 is 16.7 Å². The van der Waals surface area contributed by atoms with Crippen LogP contribution < -0.4 is 5.73 Å². The lowest BCUT2D eigenvalue weighted by atomic mass is 9.74. The molecule has 2 fully saturated rings. The molecule has 7 nitrogen and oxygen atoms in total. The fraction of sp³-hybridized carbons (Fsp3) is 0.406. The summed E-state index contributed by atoms with van der Waals surface area (Å²) in [7, 11) is 2.22. The van der Waals surface area contributed by atoms with Crippen molar-refractivity contribution in [3.8, 4) is 22.5 Å². The van der Waals surface area contributed by atoms with Crippen molar-refractivity contribution in [2.45, 2.75) is 38.3 Å². The summed E-state index contributed by atoms with van der Waals surface area (Å²) in [5, 5.41) is 1.12. The number of amidine groups is 1. The minimum Gasteiger partial charge on any atom is -0.382 e. The SMILES string of the molecule is CC1Cn2c(c(-c3ccc4ccc(-c5ccccc5)nc4c3)nc2[C@H]2C[C@@H](CN3CCN(C)CC3)C2)C(N)=N1. The van der Waals surface area contributed by atoms with E-state index in [1.807, 2.05) is 6.07 Å². The van der Waals surface area contributed by atoms with Gasteiger partial charge in [-0.1, -0.05) is 48.5 Å². The molecule has 0 spiro atoms. The first-order valence-electron chi connectivity index (χ1n) is 14.3. The second kappa shape index (κ2) is 9.88. The van der Waals surface area contributed by atoms with Crippen LogP contribution in [0.2, 0.25) is 0 Å². The summed E-state index contributed by atoms with van der Waals surface area (Å²) < 4.78 is 2.37. The Bertz CT molecular complexity index is 1530. The fourth-order valence-electron chi connectivity index (χ4n) is 6.56. The maximum atomic E-state index is 6.59. The van der Waals surface area contributed by atoms with Crippen molar-refractivity contribution in [2.75, 3.05) is 39.8 Å². The van der Waals surface area contributed by atoms with Crippen LogP contribution >= 0.6 is 0 Å². The molecule has 2 aromatic carbocycles. The first kappa shape index (κ1) is 24.5. The number of aliphatic imine (C=N–C) groups is 1. The third-order valence-electron chi connectivity index (χ3n) is 8.79. The van der Waals surface area contributed by atoms with Crippen molar-refractivity contribution < 1.29 is 0 Å². The third-order valence-corrected chi connectivity index (χ3v) is 8.79. The molecule has 39 heavy (non-hydrogen) atoms. The number of piperazine rings is 1. The topological polar surface area (TPSA) is 75.6 Å². The normalized spacial score (nSPS) is 23.8. The van der Waals surface area contributed by atoms with Crippen LogP contribution in [0.5, 0.6) is 0 Å². The van der Waals surface area contributed by atoms with Gasteiger partial charge in [0.25, 0.3) is 0 Å². The Morgan fingerprint density at radius 1 is 0.897 bits per heavy atom. The van der Waals surface area contributed by atoms with Gasteiger partial charge in [-0.3, -0.25) is 4.99 Å². The highest BCUT2D eigenvalue weighted by Gasteiger charge is 2.37. The van der Waals surface area contributed by atoms with Gasteiger partial charge in [-0.25, -0.2) is 9.97 Å². The molecular formula is C32H37N7. The first-order chi connectivity index (χ1) is 19.0. The van der Waals surface area contributed by atoms with Gasteiger partial charge in [0.1, 0.15) is 17.4 Å². The molecule has 0 bridgehead atoms. The van der Waals surface area contributed by atoms with Crippen molar-refractivity contribution in [2.24, 2.45) is 16.6 Å². The van der Waals surface area contributed by atoms with Gasteiger partial charge in [0.2, 0.25) is 0 Å². The largest absolute Gasteiger partial charge is 0.382 e. The number of nitrogens with zero attached hydrogens (tertiary/aromatic N) is 6. The number of fused-ring (bicyclic) bond motifs is 2. The van der Waals surface area contributed by atoms with Crippen LogP contribution in [0, 0.1) is 5.92 Å². The second-order valence-corrected chi connectivity index (χ2v) is 11.7. The van der Waals surface area contributed by atoms with Crippen molar-refractivity contribution in [1.82, 2.24) is 24.3 Å². The van der Waals surface area contributed by atoms with E-state index in [9.17, 15) is 0 Å². The number of nitrogens with two attached hydrogens (primary N) is 1. The number of benzene rings is 2. The average Bonchev–Trinajstić information content (AvgIpc) is 3.30. The van der Waals surface area contributed by atoms with Crippen LogP contribution in [0.3, 0.4) is 0 Å². The number of aromatic nitrogens is 3. The summed E-state index contributed by atoms with van der Waals surface area (Å²) in [4.78, 5) is 20.1. The zero-order chi connectivity index (χ0) is 26.5. The summed E-state index contributed by atoms with van der Waals surface area (Å²) in [6.45, 7) is 8.92. The quantitative estimate of drug-likeness (QED) is 0.417. The van der Waals surface area contributed by atoms with E-state index < -0.39 is 0 Å². The Morgan fingerprint density at radius 3 is 2.46 bits per heavy atom. The van der Waals surface area contributed by atoms with E-state index in [1.54, 1.807) is 0 Å². The lowest BCUT2D eigenvalue weighted by Gasteiger charge is -2.41.